The Morgan fingerprint density at radius 2 is 1.64 bits per heavy atom. The number of nitrogens with zero attached hydrogens (tertiary/aromatic N) is 3. The summed E-state index contributed by atoms with van der Waals surface area (Å²) in [6.07, 6.45) is -2.90. The van der Waals surface area contributed by atoms with Gasteiger partial charge in [-0.2, -0.15) is 5.10 Å². The number of oxazole rings is 1. The summed E-state index contributed by atoms with van der Waals surface area (Å²) in [6, 6.07) is 13.2. The van der Waals surface area contributed by atoms with Gasteiger partial charge in [-0.1, -0.05) is 12.1 Å². The molecule has 0 bridgehead atoms. The van der Waals surface area contributed by atoms with E-state index >= 15 is 4.39 Å². The third-order valence-corrected chi connectivity index (χ3v) is 8.25. The first kappa shape index (κ1) is 29.4. The number of halogens is 3. The zero-order valence-corrected chi connectivity index (χ0v) is 24.2. The molecule has 0 saturated heterocycles. The Morgan fingerprint density at radius 3 is 2.32 bits per heavy atom. The number of hydrogen-bond acceptors (Lipinski definition) is 9. The van der Waals surface area contributed by atoms with Gasteiger partial charge in [-0.05, 0) is 53.6 Å². The molecule has 2 N–H and O–H groups in total. The summed E-state index contributed by atoms with van der Waals surface area (Å²) in [5, 5.41) is 23.6. The Bertz CT molecular complexity index is 2050. The first-order valence-corrected chi connectivity index (χ1v) is 15.0. The summed E-state index contributed by atoms with van der Waals surface area (Å²) in [5.74, 6) is -0.783. The highest BCUT2D eigenvalue weighted by molar-refractivity contribution is 7.90. The van der Waals surface area contributed by atoms with Crippen LogP contribution in [0.5, 0.6) is 11.5 Å². The summed E-state index contributed by atoms with van der Waals surface area (Å²) >= 11 is 0. The van der Waals surface area contributed by atoms with Gasteiger partial charge >= 0.3 is 6.29 Å². The monoisotopic (exact) mass is 627 g/mol. The Balaban J connectivity index is 1.59. The molecule has 0 fully saturated rings. The van der Waals surface area contributed by atoms with Gasteiger partial charge < -0.3 is 24.1 Å². The minimum atomic E-state index is -3.91. The minimum Gasteiger partial charge on any atom is -0.440 e. The fraction of sp³-hybridized carbons (Fsp3) is 0.200. The van der Waals surface area contributed by atoms with Crippen LogP contribution in [0.15, 0.2) is 63.9 Å². The number of fused-ring (bicyclic) bond motifs is 1. The third-order valence-electron chi connectivity index (χ3n) is 7.09. The van der Waals surface area contributed by atoms with Gasteiger partial charge in [0.15, 0.2) is 33.0 Å². The molecule has 228 valence electrons. The number of ether oxygens (including phenoxy) is 2. The molecule has 0 atom stereocenters. The SMILES string of the molecule is Cc1nc(-c2ccc3c(c2)OC(F)(F)O3)c(-c2cc(-c3cc(F)c(CO)c(S(C)(=O)=O)c3)ccc2-c2cc(CO)nn2C)o1. The van der Waals surface area contributed by atoms with E-state index in [-0.39, 0.29) is 51.5 Å². The molecule has 2 aromatic heterocycles. The van der Waals surface area contributed by atoms with Gasteiger partial charge in [0.1, 0.15) is 11.5 Å². The molecule has 0 saturated carbocycles. The molecule has 6 rings (SSSR count). The predicted molar refractivity (Wildman–Crippen MR) is 151 cm³/mol. The fourth-order valence-corrected chi connectivity index (χ4v) is 6.11. The number of sulfone groups is 1. The van der Waals surface area contributed by atoms with Crippen LogP contribution in [0.1, 0.15) is 17.1 Å². The number of alkyl halides is 2. The molecule has 0 amide bonds. The lowest BCUT2D eigenvalue weighted by atomic mass is 9.93. The molecule has 10 nitrogen and oxygen atoms in total. The van der Waals surface area contributed by atoms with E-state index in [4.69, 9.17) is 4.42 Å². The van der Waals surface area contributed by atoms with Crippen molar-refractivity contribution in [2.45, 2.75) is 31.3 Å². The summed E-state index contributed by atoms with van der Waals surface area (Å²) in [6.45, 7) is 0.474. The highest BCUT2D eigenvalue weighted by atomic mass is 32.2. The lowest BCUT2D eigenvalue weighted by molar-refractivity contribution is -0.286. The van der Waals surface area contributed by atoms with E-state index in [1.807, 2.05) is 0 Å². The molecule has 3 aromatic carbocycles. The van der Waals surface area contributed by atoms with E-state index in [0.29, 0.717) is 33.6 Å². The second kappa shape index (κ2) is 10.5. The van der Waals surface area contributed by atoms with Crippen LogP contribution in [0, 0.1) is 12.7 Å². The molecule has 1 aliphatic rings. The van der Waals surface area contributed by atoms with Crippen molar-refractivity contribution in [1.29, 1.82) is 0 Å². The van der Waals surface area contributed by atoms with Crippen molar-refractivity contribution in [2.75, 3.05) is 6.26 Å². The average Bonchev–Trinajstić information content (AvgIpc) is 3.63. The maximum atomic E-state index is 15.1. The van der Waals surface area contributed by atoms with Crippen LogP contribution < -0.4 is 9.47 Å². The van der Waals surface area contributed by atoms with Gasteiger partial charge in [-0.3, -0.25) is 4.68 Å². The van der Waals surface area contributed by atoms with E-state index in [2.05, 4.69) is 19.6 Å². The van der Waals surface area contributed by atoms with Gasteiger partial charge in [0.2, 0.25) is 0 Å². The van der Waals surface area contributed by atoms with Crippen molar-refractivity contribution in [3.8, 4) is 56.5 Å². The first-order chi connectivity index (χ1) is 20.8. The molecule has 1 aliphatic heterocycles. The van der Waals surface area contributed by atoms with E-state index in [1.165, 1.54) is 24.3 Å². The van der Waals surface area contributed by atoms with Gasteiger partial charge in [-0.25, -0.2) is 17.8 Å². The Hall–Kier alpha value is -4.66. The van der Waals surface area contributed by atoms with E-state index in [1.54, 1.807) is 42.9 Å². The molecule has 0 radical (unpaired) electrons. The molecule has 14 heteroatoms. The normalized spacial score (nSPS) is 13.9. The fourth-order valence-electron chi connectivity index (χ4n) is 5.15. The second-order valence-corrected chi connectivity index (χ2v) is 12.2. The Kier molecular flexibility index (Phi) is 7.02. The molecule has 5 aromatic rings. The second-order valence-electron chi connectivity index (χ2n) is 10.2. The first-order valence-electron chi connectivity index (χ1n) is 13.1. The highest BCUT2D eigenvalue weighted by Gasteiger charge is 2.43. The van der Waals surface area contributed by atoms with Crippen molar-refractivity contribution in [3.63, 3.8) is 0 Å². The smallest absolute Gasteiger partial charge is 0.440 e. The maximum absolute atomic E-state index is 15.1. The van der Waals surface area contributed by atoms with Gasteiger partial charge in [-0.15, -0.1) is 8.78 Å². The average molecular weight is 628 g/mol. The number of benzene rings is 3. The summed E-state index contributed by atoms with van der Waals surface area (Å²) < 4.78 is 84.2. The van der Waals surface area contributed by atoms with Crippen molar-refractivity contribution in [2.24, 2.45) is 7.05 Å². The Labute approximate surface area is 248 Å². The van der Waals surface area contributed by atoms with Crippen LogP contribution >= 0.6 is 0 Å². The Morgan fingerprint density at radius 1 is 0.909 bits per heavy atom. The number of aromatic nitrogens is 3. The zero-order valence-electron chi connectivity index (χ0n) is 23.4. The highest BCUT2D eigenvalue weighted by Crippen LogP contribution is 2.46. The van der Waals surface area contributed by atoms with Crippen molar-refractivity contribution in [1.82, 2.24) is 14.8 Å². The standard InChI is InChI=1S/C30H24F3N3O7S/c1-15-34-28(17-5-7-25-26(10-17)43-30(32,33)42-25)29(41-15)21-8-16(4-6-20(21)24-12-19(13-37)35-36(24)2)18-9-23(31)22(14-38)27(11-18)44(3,39)40/h4-12,37-38H,13-14H2,1-3H3. The molecule has 3 heterocycles. The van der Waals surface area contributed by atoms with Crippen LogP contribution in [0.3, 0.4) is 0 Å². The van der Waals surface area contributed by atoms with E-state index in [0.717, 1.165) is 12.3 Å². The van der Waals surface area contributed by atoms with Crippen molar-refractivity contribution in [3.05, 3.63) is 77.6 Å². The maximum Gasteiger partial charge on any atom is 0.586 e. The van der Waals surface area contributed by atoms with Crippen LogP contribution in [-0.4, -0.2) is 45.9 Å². The summed E-state index contributed by atoms with van der Waals surface area (Å²) in [5.41, 5.74) is 2.83. The van der Waals surface area contributed by atoms with Gasteiger partial charge in [0.25, 0.3) is 0 Å². The number of aliphatic hydroxyl groups is 2. The van der Waals surface area contributed by atoms with Crippen LogP contribution in [0.4, 0.5) is 13.2 Å². The quantitative estimate of drug-likeness (QED) is 0.248. The molecule has 0 spiro atoms. The lowest BCUT2D eigenvalue weighted by Gasteiger charge is -2.14. The van der Waals surface area contributed by atoms with E-state index < -0.39 is 28.6 Å². The van der Waals surface area contributed by atoms with E-state index in [9.17, 15) is 27.4 Å². The number of rotatable bonds is 7. The lowest BCUT2D eigenvalue weighted by Crippen LogP contribution is -2.25. The zero-order chi connectivity index (χ0) is 31.6. The van der Waals surface area contributed by atoms with Gasteiger partial charge in [0.05, 0.1) is 29.5 Å². The van der Waals surface area contributed by atoms with Crippen molar-refractivity contribution >= 4 is 9.84 Å². The van der Waals surface area contributed by atoms with Crippen LogP contribution in [0.25, 0.3) is 45.0 Å². The third kappa shape index (κ3) is 5.20. The van der Waals surface area contributed by atoms with Gasteiger partial charge in [0, 0.05) is 42.5 Å². The molecular formula is C30H24F3N3O7S. The minimum absolute atomic E-state index is 0.148. The predicted octanol–water partition coefficient (Wildman–Crippen LogP) is 5.23. The van der Waals surface area contributed by atoms with Crippen LogP contribution in [-0.2, 0) is 30.1 Å². The molecule has 44 heavy (non-hydrogen) atoms. The number of aliphatic hydroxyl groups excluding tert-OH is 2. The van der Waals surface area contributed by atoms with Crippen molar-refractivity contribution < 1.29 is 45.7 Å². The summed E-state index contributed by atoms with van der Waals surface area (Å²) in [7, 11) is -2.23. The van der Waals surface area contributed by atoms with Crippen LogP contribution in [0.2, 0.25) is 0 Å². The topological polar surface area (TPSA) is 137 Å². The number of aryl methyl sites for hydroxylation is 2. The molecule has 0 unspecified atom stereocenters. The largest absolute Gasteiger partial charge is 0.586 e. The summed E-state index contributed by atoms with van der Waals surface area (Å²) in [4.78, 5) is 4.15. The molecular weight excluding hydrogens is 603 g/mol. The number of hydrogen-bond donors (Lipinski definition) is 2. The molecule has 0 aliphatic carbocycles.